The van der Waals surface area contributed by atoms with Crippen molar-refractivity contribution in [3.05, 3.63) is 23.9 Å². The van der Waals surface area contributed by atoms with Crippen molar-refractivity contribution in [1.82, 2.24) is 5.32 Å². The Morgan fingerprint density at radius 3 is 3.00 bits per heavy atom. The molecular formula is C8H7NO2. The van der Waals surface area contributed by atoms with Crippen LogP contribution < -0.4 is 5.32 Å². The van der Waals surface area contributed by atoms with Crippen molar-refractivity contribution in [2.24, 2.45) is 5.92 Å². The topological polar surface area (TPSA) is 46.2 Å². The Hall–Kier alpha value is -1.38. The molecule has 2 rings (SSSR count). The largest absolute Gasteiger partial charge is 0.322 e. The zero-order valence-electron chi connectivity index (χ0n) is 5.83. The first-order valence-electron chi connectivity index (χ1n) is 3.51. The Kier molecular flexibility index (Phi) is 1.18. The molecule has 1 aliphatic carbocycles. The highest BCUT2D eigenvalue weighted by Crippen LogP contribution is 2.23. The second-order valence-electron chi connectivity index (χ2n) is 2.66. The smallest absolute Gasteiger partial charge is 0.292 e. The SMILES string of the molecule is O=C1NC2=CC=CCC2C1=O. The molecule has 1 N–H and O–H groups in total. The van der Waals surface area contributed by atoms with E-state index in [1.165, 1.54) is 0 Å². The van der Waals surface area contributed by atoms with E-state index < -0.39 is 5.91 Å². The van der Waals surface area contributed by atoms with Crippen LogP contribution >= 0.6 is 0 Å². The van der Waals surface area contributed by atoms with Crippen LogP contribution in [0.4, 0.5) is 0 Å². The van der Waals surface area contributed by atoms with E-state index >= 15 is 0 Å². The normalized spacial score (nSPS) is 28.0. The van der Waals surface area contributed by atoms with Gasteiger partial charge in [-0.3, -0.25) is 9.59 Å². The van der Waals surface area contributed by atoms with Gasteiger partial charge < -0.3 is 5.32 Å². The van der Waals surface area contributed by atoms with Gasteiger partial charge in [-0.2, -0.15) is 0 Å². The number of hydrogen-bond acceptors (Lipinski definition) is 2. The summed E-state index contributed by atoms with van der Waals surface area (Å²) in [6.45, 7) is 0. The number of carbonyl (C=O) groups is 2. The fraction of sp³-hybridized carbons (Fsp3) is 0.250. The van der Waals surface area contributed by atoms with Gasteiger partial charge in [0.1, 0.15) is 0 Å². The summed E-state index contributed by atoms with van der Waals surface area (Å²) in [6.07, 6.45) is 6.18. The molecule has 1 saturated heterocycles. The zero-order valence-corrected chi connectivity index (χ0v) is 5.83. The highest BCUT2D eigenvalue weighted by Gasteiger charge is 2.36. The van der Waals surface area contributed by atoms with E-state index in [1.807, 2.05) is 12.2 Å². The van der Waals surface area contributed by atoms with Crippen LogP contribution in [0.25, 0.3) is 0 Å². The molecule has 1 atom stereocenters. The van der Waals surface area contributed by atoms with E-state index in [9.17, 15) is 9.59 Å². The van der Waals surface area contributed by atoms with Crippen molar-refractivity contribution in [1.29, 1.82) is 0 Å². The van der Waals surface area contributed by atoms with Gasteiger partial charge in [0.2, 0.25) is 5.78 Å². The monoisotopic (exact) mass is 149 g/mol. The number of Topliss-reactive ketones (excluding diaryl/α,β-unsaturated/α-hetero) is 1. The average molecular weight is 149 g/mol. The highest BCUT2D eigenvalue weighted by molar-refractivity contribution is 6.40. The predicted molar refractivity (Wildman–Crippen MR) is 38.5 cm³/mol. The fourth-order valence-corrected chi connectivity index (χ4v) is 1.36. The minimum atomic E-state index is -0.468. The van der Waals surface area contributed by atoms with Crippen molar-refractivity contribution in [2.45, 2.75) is 6.42 Å². The molecule has 56 valence electrons. The molecule has 1 amide bonds. The maximum atomic E-state index is 11.1. The summed E-state index contributed by atoms with van der Waals surface area (Å²) < 4.78 is 0. The number of carbonyl (C=O) groups excluding carboxylic acids is 2. The summed E-state index contributed by atoms with van der Waals surface area (Å²) in [5, 5.41) is 2.53. The van der Waals surface area contributed by atoms with Crippen LogP contribution in [0.1, 0.15) is 6.42 Å². The molecule has 3 nitrogen and oxygen atoms in total. The molecule has 0 bridgehead atoms. The minimum absolute atomic E-state index is 0.215. The van der Waals surface area contributed by atoms with E-state index in [4.69, 9.17) is 0 Å². The molecule has 1 heterocycles. The maximum absolute atomic E-state index is 11.1. The molecule has 1 aliphatic heterocycles. The fourth-order valence-electron chi connectivity index (χ4n) is 1.36. The number of nitrogens with one attached hydrogen (secondary N) is 1. The lowest BCUT2D eigenvalue weighted by Crippen LogP contribution is -2.18. The molecule has 11 heavy (non-hydrogen) atoms. The van der Waals surface area contributed by atoms with Crippen LogP contribution in [0, 0.1) is 5.92 Å². The second-order valence-corrected chi connectivity index (χ2v) is 2.66. The molecule has 1 unspecified atom stereocenters. The third-order valence-electron chi connectivity index (χ3n) is 1.96. The van der Waals surface area contributed by atoms with Gasteiger partial charge in [-0.25, -0.2) is 0 Å². The van der Waals surface area contributed by atoms with Gasteiger partial charge >= 0.3 is 0 Å². The van der Waals surface area contributed by atoms with Crippen molar-refractivity contribution in [2.75, 3.05) is 0 Å². The third kappa shape index (κ3) is 0.808. The summed E-state index contributed by atoms with van der Waals surface area (Å²) >= 11 is 0. The Balaban J connectivity index is 2.37. The number of hydrogen-bond donors (Lipinski definition) is 1. The number of fused-ring (bicyclic) bond motifs is 1. The van der Waals surface area contributed by atoms with Gasteiger partial charge in [-0.15, -0.1) is 0 Å². The summed E-state index contributed by atoms with van der Waals surface area (Å²) in [5.41, 5.74) is 0.752. The minimum Gasteiger partial charge on any atom is -0.322 e. The lowest BCUT2D eigenvalue weighted by Gasteiger charge is -2.07. The number of rotatable bonds is 0. The molecule has 0 spiro atoms. The summed E-state index contributed by atoms with van der Waals surface area (Å²) in [5.74, 6) is -0.988. The quantitative estimate of drug-likeness (QED) is 0.498. The molecule has 0 radical (unpaired) electrons. The Morgan fingerprint density at radius 1 is 1.45 bits per heavy atom. The molecule has 1 fully saturated rings. The third-order valence-corrected chi connectivity index (χ3v) is 1.96. The first kappa shape index (κ1) is 6.34. The van der Waals surface area contributed by atoms with Gasteiger partial charge in [0.15, 0.2) is 0 Å². The highest BCUT2D eigenvalue weighted by atomic mass is 16.2. The number of ketones is 1. The number of allylic oxidation sites excluding steroid dienone is 4. The van der Waals surface area contributed by atoms with E-state index in [0.717, 1.165) is 5.70 Å². The standard InChI is InChI=1S/C8H7NO2/c10-7-5-3-1-2-4-6(5)9-8(7)11/h1-2,4-5H,3H2,(H,9,11). The summed E-state index contributed by atoms with van der Waals surface area (Å²) in [7, 11) is 0. The van der Waals surface area contributed by atoms with Crippen molar-refractivity contribution in [3.63, 3.8) is 0 Å². The van der Waals surface area contributed by atoms with E-state index in [0.29, 0.717) is 6.42 Å². The molecule has 0 aromatic carbocycles. The molecular weight excluding hydrogens is 142 g/mol. The van der Waals surface area contributed by atoms with Crippen LogP contribution in [0.2, 0.25) is 0 Å². The average Bonchev–Trinajstić information content (AvgIpc) is 2.30. The van der Waals surface area contributed by atoms with E-state index in [2.05, 4.69) is 5.32 Å². The Morgan fingerprint density at radius 2 is 2.27 bits per heavy atom. The maximum Gasteiger partial charge on any atom is 0.292 e. The zero-order chi connectivity index (χ0) is 7.84. The molecule has 2 aliphatic rings. The summed E-state index contributed by atoms with van der Waals surface area (Å²) in [6, 6.07) is 0. The van der Waals surface area contributed by atoms with Crippen LogP contribution in [0.5, 0.6) is 0 Å². The van der Waals surface area contributed by atoms with Crippen molar-refractivity contribution in [3.8, 4) is 0 Å². The molecule has 0 aromatic heterocycles. The van der Waals surface area contributed by atoms with Gasteiger partial charge in [0.05, 0.1) is 5.92 Å². The summed E-state index contributed by atoms with van der Waals surface area (Å²) in [4.78, 5) is 21.9. The van der Waals surface area contributed by atoms with Crippen LogP contribution in [-0.2, 0) is 9.59 Å². The van der Waals surface area contributed by atoms with Gasteiger partial charge in [-0.1, -0.05) is 12.2 Å². The first-order valence-corrected chi connectivity index (χ1v) is 3.51. The molecule has 0 saturated carbocycles. The van der Waals surface area contributed by atoms with Gasteiger partial charge in [0.25, 0.3) is 5.91 Å². The Bertz CT molecular complexity index is 288. The van der Waals surface area contributed by atoms with Crippen molar-refractivity contribution < 1.29 is 9.59 Å². The Labute approximate surface area is 63.8 Å². The van der Waals surface area contributed by atoms with E-state index in [1.54, 1.807) is 6.08 Å². The second kappa shape index (κ2) is 2.05. The predicted octanol–water partition coefficient (Wildman–Crippen LogP) is 0.145. The van der Waals surface area contributed by atoms with E-state index in [-0.39, 0.29) is 11.7 Å². The molecule has 0 aromatic rings. The van der Waals surface area contributed by atoms with Crippen molar-refractivity contribution >= 4 is 11.7 Å². The van der Waals surface area contributed by atoms with Gasteiger partial charge in [0, 0.05) is 5.70 Å². The van der Waals surface area contributed by atoms with Gasteiger partial charge in [-0.05, 0) is 12.5 Å². The lowest BCUT2D eigenvalue weighted by molar-refractivity contribution is -0.136. The van der Waals surface area contributed by atoms with Crippen LogP contribution in [-0.4, -0.2) is 11.7 Å². The molecule has 3 heteroatoms. The lowest BCUT2D eigenvalue weighted by atomic mass is 9.96. The first-order chi connectivity index (χ1) is 5.29. The van der Waals surface area contributed by atoms with Crippen LogP contribution in [0.15, 0.2) is 23.9 Å². The number of amides is 1. The van der Waals surface area contributed by atoms with Crippen LogP contribution in [0.3, 0.4) is 0 Å².